The number of carbonyl (C=O) groups is 3. The van der Waals surface area contributed by atoms with Crippen molar-refractivity contribution in [3.8, 4) is 0 Å². The Morgan fingerprint density at radius 2 is 1.31 bits per heavy atom. The van der Waals surface area contributed by atoms with Gasteiger partial charge in [-0.2, -0.15) is 0 Å². The van der Waals surface area contributed by atoms with Gasteiger partial charge in [0, 0.05) is 36.4 Å². The second-order valence-corrected chi connectivity index (χ2v) is 10.4. The van der Waals surface area contributed by atoms with E-state index in [1.807, 2.05) is 25.7 Å². The van der Waals surface area contributed by atoms with Crippen LogP contribution in [0.5, 0.6) is 0 Å². The lowest BCUT2D eigenvalue weighted by atomic mass is 9.51. The van der Waals surface area contributed by atoms with E-state index in [-0.39, 0.29) is 17.7 Å². The standard InChI is InChI=1S/C21H36N2O3/c1-14(2)9-23(10-15(3)4)18(26)21(7)12-19(5)11-20(6,13-21)17(25)22(8)16(19)24/h14-15H,9-13H2,1-8H3. The minimum atomic E-state index is -0.682. The van der Waals surface area contributed by atoms with Gasteiger partial charge < -0.3 is 4.90 Å². The molecule has 1 saturated heterocycles. The molecule has 0 spiro atoms. The van der Waals surface area contributed by atoms with E-state index in [0.29, 0.717) is 44.2 Å². The van der Waals surface area contributed by atoms with Crippen LogP contribution in [0.15, 0.2) is 0 Å². The highest BCUT2D eigenvalue weighted by atomic mass is 16.2. The highest BCUT2D eigenvalue weighted by Gasteiger charge is 2.62. The number of hydrogen-bond acceptors (Lipinski definition) is 3. The molecule has 2 rings (SSSR count). The molecule has 2 atom stereocenters. The first-order valence-corrected chi connectivity index (χ1v) is 9.86. The normalized spacial score (nSPS) is 34.6. The molecule has 1 aliphatic carbocycles. The predicted octanol–water partition coefficient (Wildman–Crippen LogP) is 3.33. The maximum Gasteiger partial charge on any atom is 0.234 e. The van der Waals surface area contributed by atoms with Crippen LogP contribution in [0.1, 0.15) is 67.7 Å². The summed E-state index contributed by atoms with van der Waals surface area (Å²) in [5.74, 6) is 0.577. The van der Waals surface area contributed by atoms with E-state index >= 15 is 0 Å². The van der Waals surface area contributed by atoms with Gasteiger partial charge in [-0.15, -0.1) is 0 Å². The minimum absolute atomic E-state index is 0.0993. The van der Waals surface area contributed by atoms with Crippen LogP contribution in [0.3, 0.4) is 0 Å². The fourth-order valence-electron chi connectivity index (χ4n) is 5.63. The number of piperidine rings is 1. The van der Waals surface area contributed by atoms with E-state index in [9.17, 15) is 14.4 Å². The van der Waals surface area contributed by atoms with E-state index in [0.717, 1.165) is 0 Å². The van der Waals surface area contributed by atoms with Crippen molar-refractivity contribution in [1.82, 2.24) is 9.80 Å². The SMILES string of the molecule is CC(C)CN(CC(C)C)C(=O)C1(C)CC2(C)CC(C)(C1)C(=O)N(C)C2=O. The van der Waals surface area contributed by atoms with Crippen molar-refractivity contribution in [2.75, 3.05) is 20.1 Å². The highest BCUT2D eigenvalue weighted by molar-refractivity contribution is 6.04. The molecular formula is C21H36N2O3. The molecule has 1 heterocycles. The Kier molecular flexibility index (Phi) is 5.35. The molecule has 3 amide bonds. The Bertz CT molecular complexity index is 572. The number of imide groups is 1. The quantitative estimate of drug-likeness (QED) is 0.703. The van der Waals surface area contributed by atoms with Crippen LogP contribution in [0.2, 0.25) is 0 Å². The number of carbonyl (C=O) groups excluding carboxylic acids is 3. The molecule has 2 aliphatic rings. The van der Waals surface area contributed by atoms with Crippen LogP contribution in [0.25, 0.3) is 0 Å². The number of hydrogen-bond donors (Lipinski definition) is 0. The maximum atomic E-state index is 13.6. The monoisotopic (exact) mass is 364 g/mol. The van der Waals surface area contributed by atoms with Crippen LogP contribution in [0, 0.1) is 28.1 Å². The van der Waals surface area contributed by atoms with Crippen molar-refractivity contribution in [2.24, 2.45) is 28.1 Å². The van der Waals surface area contributed by atoms with Crippen molar-refractivity contribution in [3.05, 3.63) is 0 Å². The zero-order valence-electron chi connectivity index (χ0n) is 17.8. The number of fused-ring (bicyclic) bond motifs is 2. The summed E-state index contributed by atoms with van der Waals surface area (Å²) in [5, 5.41) is 0. The average molecular weight is 365 g/mol. The first kappa shape index (κ1) is 20.9. The van der Waals surface area contributed by atoms with Gasteiger partial charge in [-0.25, -0.2) is 0 Å². The molecule has 148 valence electrons. The molecule has 5 heteroatoms. The molecule has 0 radical (unpaired) electrons. The van der Waals surface area contributed by atoms with Gasteiger partial charge in [0.15, 0.2) is 0 Å². The second-order valence-electron chi connectivity index (χ2n) is 10.4. The zero-order valence-corrected chi connectivity index (χ0v) is 17.8. The van der Waals surface area contributed by atoms with Crippen LogP contribution >= 0.6 is 0 Å². The molecule has 1 saturated carbocycles. The number of rotatable bonds is 5. The van der Waals surface area contributed by atoms with Crippen molar-refractivity contribution >= 4 is 17.7 Å². The third-order valence-electron chi connectivity index (χ3n) is 5.96. The van der Waals surface area contributed by atoms with Crippen LogP contribution < -0.4 is 0 Å². The summed E-state index contributed by atoms with van der Waals surface area (Å²) in [6, 6.07) is 0. The topological polar surface area (TPSA) is 57.7 Å². The van der Waals surface area contributed by atoms with Gasteiger partial charge >= 0.3 is 0 Å². The summed E-state index contributed by atoms with van der Waals surface area (Å²) in [4.78, 5) is 42.5. The Morgan fingerprint density at radius 1 is 0.923 bits per heavy atom. The summed E-state index contributed by atoms with van der Waals surface area (Å²) in [6.07, 6.45) is 1.56. The summed E-state index contributed by atoms with van der Waals surface area (Å²) in [6.45, 7) is 15.7. The van der Waals surface area contributed by atoms with Gasteiger partial charge in [-0.3, -0.25) is 19.3 Å². The maximum absolute atomic E-state index is 13.6. The second kappa shape index (κ2) is 6.65. The zero-order chi connectivity index (χ0) is 20.1. The highest BCUT2D eigenvalue weighted by Crippen LogP contribution is 2.58. The summed E-state index contributed by atoms with van der Waals surface area (Å²) in [7, 11) is 1.58. The number of nitrogens with zero attached hydrogens (tertiary/aromatic N) is 2. The fraction of sp³-hybridized carbons (Fsp3) is 0.857. The van der Waals surface area contributed by atoms with Crippen LogP contribution in [-0.4, -0.2) is 47.7 Å². The molecule has 0 aromatic heterocycles. The minimum Gasteiger partial charge on any atom is -0.342 e. The lowest BCUT2D eigenvalue weighted by Crippen LogP contribution is -2.64. The van der Waals surface area contributed by atoms with Crippen molar-refractivity contribution < 1.29 is 14.4 Å². The van der Waals surface area contributed by atoms with Crippen molar-refractivity contribution in [2.45, 2.75) is 67.7 Å². The van der Waals surface area contributed by atoms with Crippen molar-refractivity contribution in [3.63, 3.8) is 0 Å². The molecule has 5 nitrogen and oxygen atoms in total. The van der Waals surface area contributed by atoms with Crippen LogP contribution in [-0.2, 0) is 14.4 Å². The number of amides is 3. The molecule has 2 unspecified atom stereocenters. The van der Waals surface area contributed by atoms with Gasteiger partial charge in [-0.1, -0.05) is 48.5 Å². The largest absolute Gasteiger partial charge is 0.342 e. The summed E-state index contributed by atoms with van der Waals surface area (Å²) < 4.78 is 0. The molecule has 2 bridgehead atoms. The van der Waals surface area contributed by atoms with Crippen molar-refractivity contribution in [1.29, 1.82) is 0 Å². The van der Waals surface area contributed by atoms with E-state index in [1.54, 1.807) is 7.05 Å². The molecule has 2 fully saturated rings. The molecular weight excluding hydrogens is 328 g/mol. The molecule has 26 heavy (non-hydrogen) atoms. The van der Waals surface area contributed by atoms with Gasteiger partial charge in [0.2, 0.25) is 17.7 Å². The number of likely N-dealkylation sites (tertiary alicyclic amines) is 1. The molecule has 0 aromatic rings. The third kappa shape index (κ3) is 3.54. The Balaban J connectivity index is 2.40. The Morgan fingerprint density at radius 3 is 1.65 bits per heavy atom. The van der Waals surface area contributed by atoms with E-state index in [4.69, 9.17) is 0 Å². The molecule has 0 aromatic carbocycles. The van der Waals surface area contributed by atoms with E-state index in [2.05, 4.69) is 27.7 Å². The van der Waals surface area contributed by atoms with E-state index in [1.165, 1.54) is 4.90 Å². The summed E-state index contributed by atoms with van der Waals surface area (Å²) >= 11 is 0. The predicted molar refractivity (Wildman–Crippen MR) is 102 cm³/mol. The lowest BCUT2D eigenvalue weighted by Gasteiger charge is -2.56. The molecule has 0 N–H and O–H groups in total. The Labute approximate surface area is 158 Å². The van der Waals surface area contributed by atoms with Gasteiger partial charge in [0.1, 0.15) is 0 Å². The van der Waals surface area contributed by atoms with Gasteiger partial charge in [-0.05, 0) is 31.1 Å². The summed E-state index contributed by atoms with van der Waals surface area (Å²) in [5.41, 5.74) is -1.99. The smallest absolute Gasteiger partial charge is 0.234 e. The third-order valence-corrected chi connectivity index (χ3v) is 5.96. The van der Waals surface area contributed by atoms with E-state index < -0.39 is 16.2 Å². The van der Waals surface area contributed by atoms with Crippen LogP contribution in [0.4, 0.5) is 0 Å². The lowest BCUT2D eigenvalue weighted by molar-refractivity contribution is -0.180. The van der Waals surface area contributed by atoms with Gasteiger partial charge in [0.05, 0.1) is 0 Å². The average Bonchev–Trinajstić information content (AvgIpc) is 2.48. The first-order chi connectivity index (χ1) is 11.7. The Hall–Kier alpha value is -1.39. The molecule has 1 aliphatic heterocycles. The first-order valence-electron chi connectivity index (χ1n) is 9.86. The van der Waals surface area contributed by atoms with Gasteiger partial charge in [0.25, 0.3) is 0 Å². The fourth-order valence-corrected chi connectivity index (χ4v) is 5.63.